The summed E-state index contributed by atoms with van der Waals surface area (Å²) >= 11 is 0. The molecule has 4 heteroatoms. The highest BCUT2D eigenvalue weighted by Crippen LogP contribution is 2.40. The van der Waals surface area contributed by atoms with Gasteiger partial charge >= 0.3 is 0 Å². The Morgan fingerprint density at radius 1 is 1.00 bits per heavy atom. The molecule has 0 spiro atoms. The number of carbonyl (C=O) groups excluding carboxylic acids is 2. The first-order chi connectivity index (χ1) is 9.65. The number of amides is 2. The zero-order valence-corrected chi connectivity index (χ0v) is 12.4. The van der Waals surface area contributed by atoms with Crippen LogP contribution in [0.2, 0.25) is 0 Å². The van der Waals surface area contributed by atoms with Gasteiger partial charge in [-0.1, -0.05) is 25.7 Å². The number of hydrogen-bond acceptors (Lipinski definition) is 3. The molecule has 0 bridgehead atoms. The predicted octanol–water partition coefficient (Wildman–Crippen LogP) is 2.08. The lowest BCUT2D eigenvalue weighted by atomic mass is 9.69. The number of rotatable bonds is 2. The monoisotopic (exact) mass is 278 g/mol. The van der Waals surface area contributed by atoms with E-state index in [1.54, 1.807) is 7.05 Å². The summed E-state index contributed by atoms with van der Waals surface area (Å²) in [4.78, 5) is 24.9. The Kier molecular flexibility index (Phi) is 4.11. The van der Waals surface area contributed by atoms with E-state index in [4.69, 9.17) is 0 Å². The summed E-state index contributed by atoms with van der Waals surface area (Å²) in [5, 5.41) is 3.55. The van der Waals surface area contributed by atoms with Gasteiger partial charge in [0.1, 0.15) is 0 Å². The van der Waals surface area contributed by atoms with Crippen LogP contribution in [0.3, 0.4) is 0 Å². The van der Waals surface area contributed by atoms with Crippen LogP contribution in [0.15, 0.2) is 0 Å². The second-order valence-electron chi connectivity index (χ2n) is 6.86. The minimum Gasteiger partial charge on any atom is -0.303 e. The largest absolute Gasteiger partial charge is 0.303 e. The molecule has 0 aromatic heterocycles. The van der Waals surface area contributed by atoms with Crippen LogP contribution in [0.4, 0.5) is 0 Å². The summed E-state index contributed by atoms with van der Waals surface area (Å²) in [6.07, 6.45) is 10.5. The second kappa shape index (κ2) is 5.84. The van der Waals surface area contributed by atoms with Crippen LogP contribution in [-0.4, -0.2) is 35.8 Å². The molecule has 2 amide bonds. The average Bonchev–Trinajstić information content (AvgIpc) is 2.48. The Morgan fingerprint density at radius 2 is 1.75 bits per heavy atom. The first-order valence-corrected chi connectivity index (χ1v) is 8.21. The molecule has 0 radical (unpaired) electrons. The Morgan fingerprint density at radius 3 is 2.55 bits per heavy atom. The molecular weight excluding hydrogens is 252 g/mol. The first-order valence-electron chi connectivity index (χ1n) is 8.21. The number of likely N-dealkylation sites (N-methyl/N-ethyl adjacent to an activating group) is 1. The van der Waals surface area contributed by atoms with Crippen LogP contribution in [0, 0.1) is 11.8 Å². The van der Waals surface area contributed by atoms with E-state index < -0.39 is 0 Å². The van der Waals surface area contributed by atoms with Gasteiger partial charge in [0.2, 0.25) is 11.8 Å². The number of nitrogens with one attached hydrogen (secondary N) is 1. The molecule has 2 saturated carbocycles. The zero-order valence-electron chi connectivity index (χ0n) is 12.4. The van der Waals surface area contributed by atoms with Gasteiger partial charge in [0, 0.05) is 19.5 Å². The van der Waals surface area contributed by atoms with Crippen LogP contribution < -0.4 is 5.32 Å². The fraction of sp³-hybridized carbons (Fsp3) is 0.875. The predicted molar refractivity (Wildman–Crippen MR) is 77.0 cm³/mol. The lowest BCUT2D eigenvalue weighted by Crippen LogP contribution is -2.55. The van der Waals surface area contributed by atoms with E-state index in [1.807, 2.05) is 0 Å². The summed E-state index contributed by atoms with van der Waals surface area (Å²) in [5.74, 6) is 1.73. The molecule has 3 rings (SSSR count). The Balaban J connectivity index is 1.55. The third-order valence-corrected chi connectivity index (χ3v) is 5.63. The maximum Gasteiger partial charge on any atom is 0.246 e. The van der Waals surface area contributed by atoms with Crippen molar-refractivity contribution < 1.29 is 9.59 Å². The molecule has 2 aliphatic carbocycles. The molecule has 1 heterocycles. The average molecular weight is 278 g/mol. The van der Waals surface area contributed by atoms with Gasteiger partial charge < -0.3 is 5.32 Å². The quantitative estimate of drug-likeness (QED) is 0.787. The fourth-order valence-corrected chi connectivity index (χ4v) is 4.38. The standard InChI is InChI=1S/C16H26N2O2/c1-18-15(19)9-8-14(16(18)20)17-13-7-6-11-4-2-3-5-12(11)10-13/h11-14,17H,2-10H2,1H3. The van der Waals surface area contributed by atoms with Crippen molar-refractivity contribution in [3.05, 3.63) is 0 Å². The minimum absolute atomic E-state index is 0.0352. The third-order valence-electron chi connectivity index (χ3n) is 5.63. The van der Waals surface area contributed by atoms with Crippen molar-refractivity contribution in [3.63, 3.8) is 0 Å². The van der Waals surface area contributed by atoms with E-state index in [0.717, 1.165) is 11.8 Å². The van der Waals surface area contributed by atoms with Crippen molar-refractivity contribution in [2.75, 3.05) is 7.05 Å². The Bertz CT molecular complexity index is 396. The molecule has 4 nitrogen and oxygen atoms in total. The van der Waals surface area contributed by atoms with Gasteiger partial charge in [-0.3, -0.25) is 14.5 Å². The maximum atomic E-state index is 12.1. The van der Waals surface area contributed by atoms with E-state index in [9.17, 15) is 9.59 Å². The van der Waals surface area contributed by atoms with Crippen LogP contribution in [0.25, 0.3) is 0 Å². The minimum atomic E-state index is -0.136. The summed E-state index contributed by atoms with van der Waals surface area (Å²) < 4.78 is 0. The van der Waals surface area contributed by atoms with Crippen LogP contribution in [-0.2, 0) is 9.59 Å². The summed E-state index contributed by atoms with van der Waals surface area (Å²) in [6, 6.07) is 0.341. The van der Waals surface area contributed by atoms with E-state index in [0.29, 0.717) is 18.9 Å². The number of nitrogens with zero attached hydrogens (tertiary/aromatic N) is 1. The van der Waals surface area contributed by atoms with Gasteiger partial charge in [0.15, 0.2) is 0 Å². The number of imide groups is 1. The summed E-state index contributed by atoms with van der Waals surface area (Å²) in [7, 11) is 1.61. The third kappa shape index (κ3) is 2.76. The second-order valence-corrected chi connectivity index (χ2v) is 6.86. The molecule has 1 saturated heterocycles. The van der Waals surface area contributed by atoms with Crippen LogP contribution in [0.1, 0.15) is 57.8 Å². The van der Waals surface area contributed by atoms with Crippen LogP contribution in [0.5, 0.6) is 0 Å². The van der Waals surface area contributed by atoms with Crippen molar-refractivity contribution in [3.8, 4) is 0 Å². The van der Waals surface area contributed by atoms with Crippen molar-refractivity contribution >= 4 is 11.8 Å². The SMILES string of the molecule is CN1C(=O)CCC(NC2CCC3CCCCC3C2)C1=O. The topological polar surface area (TPSA) is 49.4 Å². The lowest BCUT2D eigenvalue weighted by molar-refractivity contribution is -0.148. The Hall–Kier alpha value is -0.900. The zero-order chi connectivity index (χ0) is 14.1. The summed E-state index contributed by atoms with van der Waals surface area (Å²) in [5.41, 5.74) is 0. The van der Waals surface area contributed by atoms with E-state index >= 15 is 0 Å². The lowest BCUT2D eigenvalue weighted by Gasteiger charge is -2.41. The van der Waals surface area contributed by atoms with Crippen molar-refractivity contribution in [1.29, 1.82) is 0 Å². The highest BCUT2D eigenvalue weighted by molar-refractivity contribution is 6.00. The molecule has 0 aromatic rings. The van der Waals surface area contributed by atoms with E-state index in [1.165, 1.54) is 49.8 Å². The molecule has 1 N–H and O–H groups in total. The number of piperidine rings is 1. The highest BCUT2D eigenvalue weighted by atomic mass is 16.2. The van der Waals surface area contributed by atoms with Gasteiger partial charge in [-0.05, 0) is 37.5 Å². The molecule has 4 atom stereocenters. The van der Waals surface area contributed by atoms with Crippen molar-refractivity contribution in [2.24, 2.45) is 11.8 Å². The molecule has 0 aromatic carbocycles. The number of likely N-dealkylation sites (tertiary alicyclic amines) is 1. The number of fused-ring (bicyclic) bond motifs is 1. The maximum absolute atomic E-state index is 12.1. The number of hydrogen-bond donors (Lipinski definition) is 1. The molecule has 4 unspecified atom stereocenters. The van der Waals surface area contributed by atoms with Crippen molar-refractivity contribution in [2.45, 2.75) is 69.9 Å². The van der Waals surface area contributed by atoms with E-state index in [-0.39, 0.29) is 17.9 Å². The molecule has 1 aliphatic heterocycles. The number of carbonyl (C=O) groups is 2. The molecule has 20 heavy (non-hydrogen) atoms. The normalized spacial score (nSPS) is 38.8. The smallest absolute Gasteiger partial charge is 0.246 e. The van der Waals surface area contributed by atoms with Crippen LogP contribution >= 0.6 is 0 Å². The molecule has 112 valence electrons. The van der Waals surface area contributed by atoms with Crippen molar-refractivity contribution in [1.82, 2.24) is 10.2 Å². The Labute approximate surface area is 121 Å². The van der Waals surface area contributed by atoms with Gasteiger partial charge in [0.05, 0.1) is 6.04 Å². The molecule has 3 fully saturated rings. The molecular formula is C16H26N2O2. The summed E-state index contributed by atoms with van der Waals surface area (Å²) in [6.45, 7) is 0. The van der Waals surface area contributed by atoms with Gasteiger partial charge in [0.25, 0.3) is 0 Å². The van der Waals surface area contributed by atoms with Gasteiger partial charge in [-0.25, -0.2) is 0 Å². The fourth-order valence-electron chi connectivity index (χ4n) is 4.38. The molecule has 3 aliphatic rings. The first kappa shape index (κ1) is 14.1. The van der Waals surface area contributed by atoms with Gasteiger partial charge in [-0.15, -0.1) is 0 Å². The van der Waals surface area contributed by atoms with E-state index in [2.05, 4.69) is 5.32 Å². The van der Waals surface area contributed by atoms with Gasteiger partial charge in [-0.2, -0.15) is 0 Å². The highest BCUT2D eigenvalue weighted by Gasteiger charge is 2.36.